The van der Waals surface area contributed by atoms with Crippen LogP contribution < -0.4 is 5.32 Å². The standard InChI is InChI=1S/C15H19N3O2/c1-11-14(9-16-10-15(19)20-3)12(2)18(17-11)13-7-5-4-6-8-13/h4-8,16H,9-10H2,1-3H3. The Labute approximate surface area is 118 Å². The first-order valence-electron chi connectivity index (χ1n) is 6.51. The van der Waals surface area contributed by atoms with Crippen LogP contribution in [0.2, 0.25) is 0 Å². The molecular formula is C15H19N3O2. The average molecular weight is 273 g/mol. The molecule has 20 heavy (non-hydrogen) atoms. The van der Waals surface area contributed by atoms with Crippen LogP contribution in [0.5, 0.6) is 0 Å². The molecule has 0 bridgehead atoms. The summed E-state index contributed by atoms with van der Waals surface area (Å²) >= 11 is 0. The summed E-state index contributed by atoms with van der Waals surface area (Å²) in [4.78, 5) is 11.1. The second-order valence-corrected chi connectivity index (χ2v) is 4.58. The summed E-state index contributed by atoms with van der Waals surface area (Å²) in [7, 11) is 1.38. The lowest BCUT2D eigenvalue weighted by Crippen LogP contribution is -2.23. The SMILES string of the molecule is COC(=O)CNCc1c(C)nn(-c2ccccc2)c1C. The van der Waals surface area contributed by atoms with Gasteiger partial charge in [0.15, 0.2) is 0 Å². The zero-order chi connectivity index (χ0) is 14.5. The maximum atomic E-state index is 11.1. The van der Waals surface area contributed by atoms with Gasteiger partial charge in [-0.1, -0.05) is 18.2 Å². The van der Waals surface area contributed by atoms with E-state index >= 15 is 0 Å². The lowest BCUT2D eigenvalue weighted by atomic mass is 10.2. The fourth-order valence-corrected chi connectivity index (χ4v) is 2.11. The largest absolute Gasteiger partial charge is 0.468 e. The van der Waals surface area contributed by atoms with Gasteiger partial charge < -0.3 is 10.1 Å². The molecule has 0 amide bonds. The van der Waals surface area contributed by atoms with Crippen LogP contribution in [0.15, 0.2) is 30.3 Å². The Morgan fingerprint density at radius 1 is 1.30 bits per heavy atom. The van der Waals surface area contributed by atoms with E-state index < -0.39 is 0 Å². The fraction of sp³-hybridized carbons (Fsp3) is 0.333. The molecule has 1 aromatic heterocycles. The second-order valence-electron chi connectivity index (χ2n) is 4.58. The van der Waals surface area contributed by atoms with Gasteiger partial charge in [-0.15, -0.1) is 0 Å². The van der Waals surface area contributed by atoms with Gasteiger partial charge >= 0.3 is 5.97 Å². The minimum atomic E-state index is -0.268. The number of methoxy groups -OCH3 is 1. The molecule has 5 nitrogen and oxygen atoms in total. The maximum absolute atomic E-state index is 11.1. The molecule has 106 valence electrons. The number of esters is 1. The van der Waals surface area contributed by atoms with E-state index in [-0.39, 0.29) is 12.5 Å². The first-order chi connectivity index (χ1) is 9.63. The summed E-state index contributed by atoms with van der Waals surface area (Å²) in [6.07, 6.45) is 0. The molecule has 0 aliphatic carbocycles. The van der Waals surface area contributed by atoms with Gasteiger partial charge in [-0.3, -0.25) is 4.79 Å². The number of hydrogen-bond donors (Lipinski definition) is 1. The number of hydrogen-bond acceptors (Lipinski definition) is 4. The van der Waals surface area contributed by atoms with Gasteiger partial charge in [0.25, 0.3) is 0 Å². The number of nitrogens with one attached hydrogen (secondary N) is 1. The van der Waals surface area contributed by atoms with Crippen LogP contribution in [-0.2, 0) is 16.1 Å². The zero-order valence-corrected chi connectivity index (χ0v) is 12.0. The normalized spacial score (nSPS) is 10.6. The Morgan fingerprint density at radius 2 is 2.00 bits per heavy atom. The van der Waals surface area contributed by atoms with Crippen LogP contribution in [0.4, 0.5) is 0 Å². The fourth-order valence-electron chi connectivity index (χ4n) is 2.11. The Bertz CT molecular complexity index is 591. The van der Waals surface area contributed by atoms with Crippen molar-refractivity contribution >= 4 is 5.97 Å². The first kappa shape index (κ1) is 14.3. The van der Waals surface area contributed by atoms with Gasteiger partial charge in [0.2, 0.25) is 0 Å². The third-order valence-corrected chi connectivity index (χ3v) is 3.24. The molecule has 1 aromatic carbocycles. The summed E-state index contributed by atoms with van der Waals surface area (Å²) < 4.78 is 6.52. The Balaban J connectivity index is 2.15. The molecule has 2 rings (SSSR count). The highest BCUT2D eigenvalue weighted by Gasteiger charge is 2.12. The molecule has 0 saturated heterocycles. The first-order valence-corrected chi connectivity index (χ1v) is 6.51. The van der Waals surface area contributed by atoms with Crippen LogP contribution in [0.3, 0.4) is 0 Å². The van der Waals surface area contributed by atoms with Crippen molar-refractivity contribution in [2.24, 2.45) is 0 Å². The van der Waals surface area contributed by atoms with Crippen molar-refractivity contribution in [1.82, 2.24) is 15.1 Å². The van der Waals surface area contributed by atoms with Gasteiger partial charge in [0.05, 0.1) is 25.0 Å². The van der Waals surface area contributed by atoms with E-state index in [0.717, 1.165) is 22.6 Å². The summed E-state index contributed by atoms with van der Waals surface area (Å²) in [5, 5.41) is 7.63. The highest BCUT2D eigenvalue weighted by atomic mass is 16.5. The molecule has 0 aliphatic heterocycles. The quantitative estimate of drug-likeness (QED) is 0.843. The van der Waals surface area contributed by atoms with E-state index in [1.807, 2.05) is 48.9 Å². The van der Waals surface area contributed by atoms with Gasteiger partial charge in [0.1, 0.15) is 0 Å². The molecule has 0 fully saturated rings. The van der Waals surface area contributed by atoms with Crippen molar-refractivity contribution in [3.05, 3.63) is 47.3 Å². The Morgan fingerprint density at radius 3 is 2.65 bits per heavy atom. The number of carbonyl (C=O) groups is 1. The molecule has 0 radical (unpaired) electrons. The van der Waals surface area contributed by atoms with Crippen LogP contribution in [0.25, 0.3) is 5.69 Å². The molecule has 1 N–H and O–H groups in total. The number of benzene rings is 1. The van der Waals surface area contributed by atoms with E-state index in [1.54, 1.807) is 0 Å². The Kier molecular flexibility index (Phi) is 4.53. The zero-order valence-electron chi connectivity index (χ0n) is 12.0. The summed E-state index contributed by atoms with van der Waals surface area (Å²) in [6, 6.07) is 9.99. The van der Waals surface area contributed by atoms with E-state index in [4.69, 9.17) is 0 Å². The lowest BCUT2D eigenvalue weighted by molar-refractivity contribution is -0.139. The highest BCUT2D eigenvalue weighted by Crippen LogP contribution is 2.17. The van der Waals surface area contributed by atoms with Crippen LogP contribution in [-0.4, -0.2) is 29.4 Å². The van der Waals surface area contributed by atoms with Crippen LogP contribution in [0, 0.1) is 13.8 Å². The van der Waals surface area contributed by atoms with Gasteiger partial charge in [-0.25, -0.2) is 4.68 Å². The number of aryl methyl sites for hydroxylation is 1. The second kappa shape index (κ2) is 6.34. The predicted octanol–water partition coefficient (Wildman–Crippen LogP) is 1.75. The number of aromatic nitrogens is 2. The number of ether oxygens (including phenoxy) is 1. The van der Waals surface area contributed by atoms with Crippen molar-refractivity contribution in [1.29, 1.82) is 0 Å². The number of nitrogens with zero attached hydrogens (tertiary/aromatic N) is 2. The molecule has 1 heterocycles. The lowest BCUT2D eigenvalue weighted by Gasteiger charge is -2.06. The maximum Gasteiger partial charge on any atom is 0.319 e. The van der Waals surface area contributed by atoms with Crippen molar-refractivity contribution in [3.63, 3.8) is 0 Å². The molecule has 0 spiro atoms. The minimum absolute atomic E-state index is 0.200. The molecule has 5 heteroatoms. The van der Waals surface area contributed by atoms with E-state index in [9.17, 15) is 4.79 Å². The van der Waals surface area contributed by atoms with Crippen LogP contribution in [0.1, 0.15) is 17.0 Å². The topological polar surface area (TPSA) is 56.1 Å². The van der Waals surface area contributed by atoms with E-state index in [1.165, 1.54) is 7.11 Å². The van der Waals surface area contributed by atoms with Crippen LogP contribution >= 0.6 is 0 Å². The van der Waals surface area contributed by atoms with Crippen molar-refractivity contribution in [2.75, 3.05) is 13.7 Å². The average Bonchev–Trinajstić information content (AvgIpc) is 2.75. The van der Waals surface area contributed by atoms with Crippen molar-refractivity contribution < 1.29 is 9.53 Å². The highest BCUT2D eigenvalue weighted by molar-refractivity contribution is 5.71. The smallest absolute Gasteiger partial charge is 0.319 e. The summed E-state index contributed by atoms with van der Waals surface area (Å²) in [5.41, 5.74) is 4.18. The molecule has 2 aromatic rings. The van der Waals surface area contributed by atoms with E-state index in [2.05, 4.69) is 15.2 Å². The van der Waals surface area contributed by atoms with Crippen molar-refractivity contribution in [2.45, 2.75) is 20.4 Å². The molecule has 0 unspecified atom stereocenters. The van der Waals surface area contributed by atoms with Crippen molar-refractivity contribution in [3.8, 4) is 5.69 Å². The van der Waals surface area contributed by atoms with E-state index in [0.29, 0.717) is 6.54 Å². The monoisotopic (exact) mass is 273 g/mol. The predicted molar refractivity (Wildman–Crippen MR) is 76.8 cm³/mol. The molecule has 0 saturated carbocycles. The van der Waals surface area contributed by atoms with Gasteiger partial charge in [-0.05, 0) is 26.0 Å². The minimum Gasteiger partial charge on any atom is -0.468 e. The van der Waals surface area contributed by atoms with Gasteiger partial charge in [0, 0.05) is 17.8 Å². The third kappa shape index (κ3) is 3.05. The number of rotatable bonds is 5. The summed E-state index contributed by atoms with van der Waals surface area (Å²) in [5.74, 6) is -0.268. The number of carbonyl (C=O) groups excluding carboxylic acids is 1. The third-order valence-electron chi connectivity index (χ3n) is 3.24. The number of para-hydroxylation sites is 1. The van der Waals surface area contributed by atoms with Gasteiger partial charge in [-0.2, -0.15) is 5.10 Å². The Hall–Kier alpha value is -2.14. The summed E-state index contributed by atoms with van der Waals surface area (Å²) in [6.45, 7) is 4.80. The molecular weight excluding hydrogens is 254 g/mol. The molecule has 0 atom stereocenters. The molecule has 0 aliphatic rings.